The number of ether oxygens (including phenoxy) is 1. The number of aromatic nitrogens is 1. The zero-order valence-corrected chi connectivity index (χ0v) is 9.56. The molecule has 1 fully saturated rings. The molecule has 2 atom stereocenters. The molecule has 0 unspecified atom stereocenters. The minimum absolute atomic E-state index is 0.314. The molecule has 0 aromatic carbocycles. The van der Waals surface area contributed by atoms with Crippen molar-refractivity contribution in [1.29, 1.82) is 0 Å². The van der Waals surface area contributed by atoms with Gasteiger partial charge in [0.25, 0.3) is 0 Å². The third-order valence-corrected chi connectivity index (χ3v) is 2.78. The minimum atomic E-state index is 0.314. The smallest absolute Gasteiger partial charge is 0.133 e. The summed E-state index contributed by atoms with van der Waals surface area (Å²) in [7, 11) is 0. The molecule has 0 radical (unpaired) electrons. The van der Waals surface area contributed by atoms with Crippen molar-refractivity contribution in [2.45, 2.75) is 39.5 Å². The van der Waals surface area contributed by atoms with E-state index in [-0.39, 0.29) is 0 Å². The summed E-state index contributed by atoms with van der Waals surface area (Å²) in [4.78, 5) is 2.38. The number of hydrogen-bond acceptors (Lipinski definition) is 4. The van der Waals surface area contributed by atoms with Crippen LogP contribution in [0.4, 0.5) is 0 Å². The lowest BCUT2D eigenvalue weighted by Gasteiger charge is -2.36. The molecule has 1 aliphatic rings. The first-order valence-electron chi connectivity index (χ1n) is 5.43. The number of rotatable bonds is 2. The van der Waals surface area contributed by atoms with Gasteiger partial charge >= 0.3 is 0 Å². The maximum Gasteiger partial charge on any atom is 0.133 e. The molecule has 1 aliphatic heterocycles. The van der Waals surface area contributed by atoms with E-state index < -0.39 is 0 Å². The lowest BCUT2D eigenvalue weighted by Crippen LogP contribution is -2.46. The van der Waals surface area contributed by atoms with Gasteiger partial charge in [-0.25, -0.2) is 0 Å². The average Bonchev–Trinajstić information content (AvgIpc) is 2.58. The van der Waals surface area contributed by atoms with Crippen LogP contribution in [0.25, 0.3) is 0 Å². The molecule has 1 aromatic heterocycles. The quantitative estimate of drug-likeness (QED) is 0.743. The van der Waals surface area contributed by atoms with Crippen molar-refractivity contribution in [3.05, 3.63) is 17.5 Å². The van der Waals surface area contributed by atoms with E-state index in [1.54, 1.807) is 0 Å². The van der Waals surface area contributed by atoms with E-state index in [2.05, 4.69) is 23.9 Å². The summed E-state index contributed by atoms with van der Waals surface area (Å²) < 4.78 is 10.6. The maximum absolute atomic E-state index is 5.58. The highest BCUT2D eigenvalue weighted by Crippen LogP contribution is 2.15. The molecule has 2 heterocycles. The van der Waals surface area contributed by atoms with E-state index in [4.69, 9.17) is 9.26 Å². The number of hydrogen-bond donors (Lipinski definition) is 0. The first-order valence-corrected chi connectivity index (χ1v) is 5.43. The Bertz CT molecular complexity index is 324. The highest BCUT2D eigenvalue weighted by molar-refractivity contribution is 5.03. The first-order chi connectivity index (χ1) is 7.15. The van der Waals surface area contributed by atoms with Crippen molar-refractivity contribution in [2.24, 2.45) is 0 Å². The molecule has 4 nitrogen and oxygen atoms in total. The fourth-order valence-corrected chi connectivity index (χ4v) is 1.89. The molecular formula is C11H18N2O2. The third kappa shape index (κ3) is 2.58. The van der Waals surface area contributed by atoms with Crippen molar-refractivity contribution in [1.82, 2.24) is 10.1 Å². The predicted octanol–water partition coefficient (Wildman–Crippen LogP) is 1.59. The Kier molecular flexibility index (Phi) is 3.07. The lowest BCUT2D eigenvalue weighted by atomic mass is 10.2. The van der Waals surface area contributed by atoms with Crippen LogP contribution in [-0.2, 0) is 11.3 Å². The average molecular weight is 210 g/mol. The van der Waals surface area contributed by atoms with Gasteiger partial charge in [0.15, 0.2) is 0 Å². The standard InChI is InChI=1S/C11H18N2O2/c1-8-7-14-10(3)5-13(8)6-11-4-9(2)15-12-11/h4,8,10H,5-7H2,1-3H3/t8-,10-/m0/s1. The van der Waals surface area contributed by atoms with Crippen LogP contribution < -0.4 is 0 Å². The Morgan fingerprint density at radius 1 is 1.53 bits per heavy atom. The maximum atomic E-state index is 5.58. The molecule has 15 heavy (non-hydrogen) atoms. The molecule has 0 amide bonds. The van der Waals surface area contributed by atoms with Crippen molar-refractivity contribution in [2.75, 3.05) is 13.2 Å². The van der Waals surface area contributed by atoms with Crippen molar-refractivity contribution in [3.63, 3.8) is 0 Å². The van der Waals surface area contributed by atoms with E-state index in [1.807, 2.05) is 13.0 Å². The summed E-state index contributed by atoms with van der Waals surface area (Å²) in [6.07, 6.45) is 0.314. The summed E-state index contributed by atoms with van der Waals surface area (Å²) in [5.41, 5.74) is 1.01. The molecule has 0 aliphatic carbocycles. The first kappa shape index (κ1) is 10.6. The van der Waals surface area contributed by atoms with Gasteiger partial charge in [-0.1, -0.05) is 5.16 Å². The van der Waals surface area contributed by atoms with Crippen LogP contribution in [0.1, 0.15) is 25.3 Å². The lowest BCUT2D eigenvalue weighted by molar-refractivity contribution is -0.0532. The number of aryl methyl sites for hydroxylation is 1. The van der Waals surface area contributed by atoms with E-state index in [1.165, 1.54) is 0 Å². The van der Waals surface area contributed by atoms with Crippen LogP contribution in [0, 0.1) is 6.92 Å². The highest BCUT2D eigenvalue weighted by atomic mass is 16.5. The summed E-state index contributed by atoms with van der Waals surface area (Å²) in [5, 5.41) is 4.01. The van der Waals surface area contributed by atoms with Crippen LogP contribution in [0.5, 0.6) is 0 Å². The highest BCUT2D eigenvalue weighted by Gasteiger charge is 2.23. The predicted molar refractivity (Wildman–Crippen MR) is 56.5 cm³/mol. The van der Waals surface area contributed by atoms with Crippen LogP contribution in [0.2, 0.25) is 0 Å². The van der Waals surface area contributed by atoms with Gasteiger partial charge in [-0.3, -0.25) is 4.90 Å². The summed E-state index contributed by atoms with van der Waals surface area (Å²) in [5.74, 6) is 0.874. The second-order valence-corrected chi connectivity index (χ2v) is 4.35. The molecule has 0 N–H and O–H groups in total. The number of morpholine rings is 1. The second-order valence-electron chi connectivity index (χ2n) is 4.35. The molecule has 84 valence electrons. The van der Waals surface area contributed by atoms with Gasteiger partial charge in [0.2, 0.25) is 0 Å². The summed E-state index contributed by atoms with van der Waals surface area (Å²) >= 11 is 0. The Hall–Kier alpha value is -0.870. The van der Waals surface area contributed by atoms with Crippen LogP contribution >= 0.6 is 0 Å². The molecule has 0 bridgehead atoms. The fourth-order valence-electron chi connectivity index (χ4n) is 1.89. The summed E-state index contributed by atoms with van der Waals surface area (Å²) in [6.45, 7) is 8.82. The molecule has 0 saturated carbocycles. The van der Waals surface area contributed by atoms with Crippen molar-refractivity contribution >= 4 is 0 Å². The topological polar surface area (TPSA) is 38.5 Å². The van der Waals surface area contributed by atoms with Crippen LogP contribution in [-0.4, -0.2) is 35.4 Å². The molecule has 2 rings (SSSR count). The minimum Gasteiger partial charge on any atom is -0.376 e. The monoisotopic (exact) mass is 210 g/mol. The second kappa shape index (κ2) is 4.33. The molecule has 1 saturated heterocycles. The largest absolute Gasteiger partial charge is 0.376 e. The van der Waals surface area contributed by atoms with Gasteiger partial charge in [0.1, 0.15) is 5.76 Å². The van der Waals surface area contributed by atoms with Gasteiger partial charge in [-0.2, -0.15) is 0 Å². The van der Waals surface area contributed by atoms with Crippen molar-refractivity contribution in [3.8, 4) is 0 Å². The molecule has 4 heteroatoms. The van der Waals surface area contributed by atoms with Gasteiger partial charge in [0.05, 0.1) is 18.4 Å². The van der Waals surface area contributed by atoms with Gasteiger partial charge in [0, 0.05) is 25.2 Å². The van der Waals surface area contributed by atoms with Crippen LogP contribution in [0.3, 0.4) is 0 Å². The van der Waals surface area contributed by atoms with Crippen LogP contribution in [0.15, 0.2) is 10.6 Å². The Morgan fingerprint density at radius 2 is 2.33 bits per heavy atom. The van der Waals surface area contributed by atoms with E-state index >= 15 is 0 Å². The number of nitrogens with zero attached hydrogens (tertiary/aromatic N) is 2. The molecule has 0 spiro atoms. The fraction of sp³-hybridized carbons (Fsp3) is 0.727. The van der Waals surface area contributed by atoms with Gasteiger partial charge < -0.3 is 9.26 Å². The zero-order valence-electron chi connectivity index (χ0n) is 9.56. The van der Waals surface area contributed by atoms with E-state index in [0.717, 1.165) is 31.2 Å². The molecular weight excluding hydrogens is 192 g/mol. The molecule has 1 aromatic rings. The van der Waals surface area contributed by atoms with Gasteiger partial charge in [-0.15, -0.1) is 0 Å². The van der Waals surface area contributed by atoms with Gasteiger partial charge in [-0.05, 0) is 20.8 Å². The normalized spacial score (nSPS) is 28.2. The van der Waals surface area contributed by atoms with E-state index in [0.29, 0.717) is 12.1 Å². The third-order valence-electron chi connectivity index (χ3n) is 2.78. The SMILES string of the molecule is Cc1cc(CN2C[C@H](C)OC[C@@H]2C)no1. The summed E-state index contributed by atoms with van der Waals surface area (Å²) in [6, 6.07) is 2.45. The Balaban J connectivity index is 1.98. The Labute approximate surface area is 90.2 Å². The zero-order chi connectivity index (χ0) is 10.8. The van der Waals surface area contributed by atoms with Crippen molar-refractivity contribution < 1.29 is 9.26 Å². The van der Waals surface area contributed by atoms with E-state index in [9.17, 15) is 0 Å². The Morgan fingerprint density at radius 3 is 3.00 bits per heavy atom.